The minimum atomic E-state index is -0.679. The van der Waals surface area contributed by atoms with Crippen LogP contribution < -0.4 is 10.5 Å². The summed E-state index contributed by atoms with van der Waals surface area (Å²) in [6, 6.07) is 7.36. The van der Waals surface area contributed by atoms with Crippen LogP contribution >= 0.6 is 11.3 Å². The van der Waals surface area contributed by atoms with Crippen molar-refractivity contribution in [3.63, 3.8) is 0 Å². The number of nitrogens with two attached hydrogens (primary N) is 1. The average molecular weight is 278 g/mol. The Labute approximate surface area is 115 Å². The second-order valence-electron chi connectivity index (χ2n) is 3.85. The molecule has 19 heavy (non-hydrogen) atoms. The van der Waals surface area contributed by atoms with E-state index in [9.17, 15) is 4.79 Å². The minimum absolute atomic E-state index is 0.424. The Hall–Kier alpha value is -2.08. The van der Waals surface area contributed by atoms with Crippen molar-refractivity contribution in [2.24, 2.45) is 0 Å². The van der Waals surface area contributed by atoms with Crippen LogP contribution in [0.25, 0.3) is 11.3 Å². The predicted molar refractivity (Wildman–Crippen MR) is 74.1 cm³/mol. The lowest BCUT2D eigenvalue weighted by atomic mass is 10.1. The van der Waals surface area contributed by atoms with Crippen molar-refractivity contribution in [3.8, 4) is 17.0 Å². The van der Waals surface area contributed by atoms with E-state index in [-0.39, 0.29) is 0 Å². The third kappa shape index (κ3) is 3.03. The monoisotopic (exact) mass is 278 g/mol. The van der Waals surface area contributed by atoms with Crippen molar-refractivity contribution in [1.82, 2.24) is 4.98 Å². The minimum Gasteiger partial charge on any atom is -0.478 e. The molecule has 0 radical (unpaired) electrons. The summed E-state index contributed by atoms with van der Waals surface area (Å²) in [5.41, 5.74) is 7.16. The van der Waals surface area contributed by atoms with Gasteiger partial charge in [0.05, 0.1) is 12.8 Å². The van der Waals surface area contributed by atoms with Gasteiger partial charge >= 0.3 is 5.97 Å². The first kappa shape index (κ1) is 13.4. The highest BCUT2D eigenvalue weighted by atomic mass is 32.1. The first-order valence-electron chi connectivity index (χ1n) is 5.66. The van der Waals surface area contributed by atoms with Crippen LogP contribution in [0.4, 0.5) is 5.13 Å². The number of thiazole rings is 1. The number of nitrogens with zero attached hydrogens (tertiary/aromatic N) is 1. The number of ether oxygens (including phenoxy) is 2. The topological polar surface area (TPSA) is 74.4 Å². The predicted octanol–water partition coefficient (Wildman–Crippen LogP) is 2.33. The number of carbonyl (C=O) groups is 1. The number of aromatic nitrogens is 1. The molecule has 0 aliphatic heterocycles. The number of hydrogen-bond acceptors (Lipinski definition) is 6. The van der Waals surface area contributed by atoms with E-state index in [0.717, 1.165) is 11.3 Å². The van der Waals surface area contributed by atoms with E-state index >= 15 is 0 Å². The number of para-hydroxylation sites is 1. The molecule has 2 N–H and O–H groups in total. The maximum atomic E-state index is 11.4. The summed E-state index contributed by atoms with van der Waals surface area (Å²) in [4.78, 5) is 15.6. The number of benzene rings is 1. The molecule has 1 heterocycles. The number of carbonyl (C=O) groups excluding carboxylic acids is 1. The Morgan fingerprint density at radius 2 is 2.16 bits per heavy atom. The molecule has 100 valence electrons. The van der Waals surface area contributed by atoms with Gasteiger partial charge in [0.1, 0.15) is 5.75 Å². The average Bonchev–Trinajstić information content (AvgIpc) is 2.85. The van der Waals surface area contributed by atoms with Crippen molar-refractivity contribution < 1.29 is 14.3 Å². The molecule has 1 aromatic heterocycles. The second-order valence-corrected chi connectivity index (χ2v) is 4.74. The summed E-state index contributed by atoms with van der Waals surface area (Å²) in [7, 11) is 1.33. The van der Waals surface area contributed by atoms with Crippen molar-refractivity contribution in [2.75, 3.05) is 12.8 Å². The third-order valence-corrected chi connectivity index (χ3v) is 3.20. The van der Waals surface area contributed by atoms with Crippen LogP contribution in [-0.4, -0.2) is 24.2 Å². The highest BCUT2D eigenvalue weighted by molar-refractivity contribution is 7.13. The van der Waals surface area contributed by atoms with Gasteiger partial charge < -0.3 is 15.2 Å². The van der Waals surface area contributed by atoms with E-state index < -0.39 is 12.1 Å². The normalized spacial score (nSPS) is 11.9. The number of hydrogen-bond donors (Lipinski definition) is 1. The lowest BCUT2D eigenvalue weighted by Crippen LogP contribution is -2.25. The molecule has 1 aromatic carbocycles. The van der Waals surface area contributed by atoms with Crippen LogP contribution in [0.15, 0.2) is 29.6 Å². The first-order chi connectivity index (χ1) is 9.11. The molecule has 0 saturated carbocycles. The van der Waals surface area contributed by atoms with Crippen LogP contribution in [0.3, 0.4) is 0 Å². The fourth-order valence-electron chi connectivity index (χ4n) is 1.60. The highest BCUT2D eigenvalue weighted by Gasteiger charge is 2.17. The SMILES string of the molecule is COC(=O)C(C)Oc1ccccc1-c1csc(N)n1. The van der Waals surface area contributed by atoms with Gasteiger partial charge in [-0.3, -0.25) is 0 Å². The van der Waals surface area contributed by atoms with Crippen molar-refractivity contribution in [1.29, 1.82) is 0 Å². The zero-order valence-electron chi connectivity index (χ0n) is 10.6. The Balaban J connectivity index is 2.29. The van der Waals surface area contributed by atoms with Crippen molar-refractivity contribution >= 4 is 22.4 Å². The van der Waals surface area contributed by atoms with Crippen LogP contribution in [0.2, 0.25) is 0 Å². The number of methoxy groups -OCH3 is 1. The van der Waals surface area contributed by atoms with E-state index in [1.54, 1.807) is 13.0 Å². The van der Waals surface area contributed by atoms with Crippen molar-refractivity contribution in [3.05, 3.63) is 29.6 Å². The van der Waals surface area contributed by atoms with Gasteiger partial charge in [-0.15, -0.1) is 11.3 Å². The molecule has 1 unspecified atom stereocenters. The van der Waals surface area contributed by atoms with Gasteiger partial charge in [0.25, 0.3) is 0 Å². The lowest BCUT2D eigenvalue weighted by Gasteiger charge is -2.14. The number of nitrogen functional groups attached to an aromatic ring is 1. The number of esters is 1. The van der Waals surface area contributed by atoms with E-state index in [1.807, 2.05) is 23.6 Å². The van der Waals surface area contributed by atoms with Crippen LogP contribution in [-0.2, 0) is 9.53 Å². The standard InChI is InChI=1S/C13H14N2O3S/c1-8(12(16)17-2)18-11-6-4-3-5-9(11)10-7-19-13(14)15-10/h3-8H,1-2H3,(H2,14,15). The number of anilines is 1. The van der Waals surface area contributed by atoms with Crippen LogP contribution in [0.5, 0.6) is 5.75 Å². The second kappa shape index (κ2) is 5.71. The van der Waals surface area contributed by atoms with Crippen molar-refractivity contribution in [2.45, 2.75) is 13.0 Å². The van der Waals surface area contributed by atoms with E-state index in [0.29, 0.717) is 10.9 Å². The van der Waals surface area contributed by atoms with Gasteiger partial charge in [0.2, 0.25) is 0 Å². The molecule has 0 aliphatic rings. The maximum Gasteiger partial charge on any atom is 0.346 e. The van der Waals surface area contributed by atoms with E-state index in [1.165, 1.54) is 18.4 Å². The Bertz CT molecular complexity index is 583. The smallest absolute Gasteiger partial charge is 0.346 e. The van der Waals surface area contributed by atoms with Gasteiger partial charge in [0, 0.05) is 10.9 Å². The summed E-state index contributed by atoms with van der Waals surface area (Å²) in [6.07, 6.45) is -0.679. The highest BCUT2D eigenvalue weighted by Crippen LogP contribution is 2.31. The molecule has 2 rings (SSSR count). The molecule has 5 nitrogen and oxygen atoms in total. The molecule has 0 saturated heterocycles. The zero-order chi connectivity index (χ0) is 13.8. The largest absolute Gasteiger partial charge is 0.478 e. The first-order valence-corrected chi connectivity index (χ1v) is 6.54. The summed E-state index contributed by atoms with van der Waals surface area (Å²) < 4.78 is 10.2. The summed E-state index contributed by atoms with van der Waals surface area (Å²) in [5.74, 6) is 0.151. The van der Waals surface area contributed by atoms with E-state index in [4.69, 9.17) is 10.5 Å². The summed E-state index contributed by atoms with van der Waals surface area (Å²) in [5, 5.41) is 2.34. The fourth-order valence-corrected chi connectivity index (χ4v) is 2.16. The quantitative estimate of drug-likeness (QED) is 0.869. The molecular formula is C13H14N2O3S. The lowest BCUT2D eigenvalue weighted by molar-refractivity contribution is -0.147. The van der Waals surface area contributed by atoms with Gasteiger partial charge in [-0.05, 0) is 19.1 Å². The van der Waals surface area contributed by atoms with Gasteiger partial charge in [-0.1, -0.05) is 12.1 Å². The Morgan fingerprint density at radius 3 is 2.79 bits per heavy atom. The molecule has 0 aliphatic carbocycles. The molecule has 0 fully saturated rings. The van der Waals surface area contributed by atoms with Crippen LogP contribution in [0.1, 0.15) is 6.92 Å². The van der Waals surface area contributed by atoms with E-state index in [2.05, 4.69) is 9.72 Å². The van der Waals surface area contributed by atoms with Gasteiger partial charge in [0.15, 0.2) is 11.2 Å². The fraction of sp³-hybridized carbons (Fsp3) is 0.231. The molecule has 0 bridgehead atoms. The molecule has 0 spiro atoms. The molecule has 2 aromatic rings. The number of rotatable bonds is 4. The Morgan fingerprint density at radius 1 is 1.42 bits per heavy atom. The zero-order valence-corrected chi connectivity index (χ0v) is 11.4. The maximum absolute atomic E-state index is 11.4. The molecule has 0 amide bonds. The van der Waals surface area contributed by atoms with Gasteiger partial charge in [-0.2, -0.15) is 0 Å². The van der Waals surface area contributed by atoms with Crippen LogP contribution in [0, 0.1) is 0 Å². The Kier molecular flexibility index (Phi) is 4.01. The molecule has 6 heteroatoms. The third-order valence-electron chi connectivity index (χ3n) is 2.52. The summed E-state index contributed by atoms with van der Waals surface area (Å²) in [6.45, 7) is 1.64. The summed E-state index contributed by atoms with van der Waals surface area (Å²) >= 11 is 1.36. The molecule has 1 atom stereocenters. The van der Waals surface area contributed by atoms with Gasteiger partial charge in [-0.25, -0.2) is 9.78 Å². The molecular weight excluding hydrogens is 264 g/mol.